The number of nitrogens with one attached hydrogen (secondary N) is 1. The zero-order valence-corrected chi connectivity index (χ0v) is 10.2. The van der Waals surface area contributed by atoms with Crippen LogP contribution in [0.25, 0.3) is 0 Å². The summed E-state index contributed by atoms with van der Waals surface area (Å²) in [5, 5.41) is 2.97. The molecular formula is C13H20N2O2. The molecule has 2 aliphatic carbocycles. The standard InChI is InChI=1S/C13H20N2O2/c16-11-9-15(8-10-4-5-10)12(17)13(14-11)6-2-1-3-7-13/h10H,1-9H2,(H,14,16). The summed E-state index contributed by atoms with van der Waals surface area (Å²) in [5.74, 6) is 0.876. The van der Waals surface area contributed by atoms with E-state index in [1.807, 2.05) is 4.90 Å². The van der Waals surface area contributed by atoms with Crippen molar-refractivity contribution in [2.45, 2.75) is 50.5 Å². The van der Waals surface area contributed by atoms with E-state index in [0.29, 0.717) is 5.92 Å². The van der Waals surface area contributed by atoms with E-state index in [0.717, 1.165) is 32.2 Å². The van der Waals surface area contributed by atoms with E-state index < -0.39 is 5.54 Å². The van der Waals surface area contributed by atoms with Gasteiger partial charge in [-0.25, -0.2) is 0 Å². The van der Waals surface area contributed by atoms with Crippen LogP contribution in [0.15, 0.2) is 0 Å². The van der Waals surface area contributed by atoms with Crippen LogP contribution >= 0.6 is 0 Å². The second kappa shape index (κ2) is 4.00. The van der Waals surface area contributed by atoms with Gasteiger partial charge in [-0.15, -0.1) is 0 Å². The van der Waals surface area contributed by atoms with Crippen molar-refractivity contribution in [3.63, 3.8) is 0 Å². The van der Waals surface area contributed by atoms with Crippen molar-refractivity contribution < 1.29 is 9.59 Å². The summed E-state index contributed by atoms with van der Waals surface area (Å²) in [7, 11) is 0. The van der Waals surface area contributed by atoms with Crippen LogP contribution in [-0.2, 0) is 9.59 Å². The van der Waals surface area contributed by atoms with E-state index in [2.05, 4.69) is 5.32 Å². The Morgan fingerprint density at radius 1 is 1.18 bits per heavy atom. The van der Waals surface area contributed by atoms with E-state index in [4.69, 9.17) is 0 Å². The van der Waals surface area contributed by atoms with Crippen molar-refractivity contribution in [1.82, 2.24) is 10.2 Å². The number of amides is 2. The first-order valence-corrected chi connectivity index (χ1v) is 6.80. The Morgan fingerprint density at radius 2 is 1.88 bits per heavy atom. The number of rotatable bonds is 2. The molecule has 1 heterocycles. The van der Waals surface area contributed by atoms with Crippen LogP contribution in [-0.4, -0.2) is 35.3 Å². The Balaban J connectivity index is 1.77. The lowest BCUT2D eigenvalue weighted by Gasteiger charge is -2.44. The summed E-state index contributed by atoms with van der Waals surface area (Å²) in [6.07, 6.45) is 7.41. The maximum absolute atomic E-state index is 12.5. The van der Waals surface area contributed by atoms with Gasteiger partial charge in [-0.05, 0) is 31.6 Å². The highest BCUT2D eigenvalue weighted by molar-refractivity contribution is 5.98. The van der Waals surface area contributed by atoms with Gasteiger partial charge in [0.05, 0.1) is 6.54 Å². The Bertz CT molecular complexity index is 343. The minimum atomic E-state index is -0.539. The lowest BCUT2D eigenvalue weighted by atomic mass is 9.79. The average molecular weight is 236 g/mol. The normalized spacial score (nSPS) is 28.4. The van der Waals surface area contributed by atoms with Crippen LogP contribution in [0.1, 0.15) is 44.9 Å². The highest BCUT2D eigenvalue weighted by atomic mass is 16.2. The molecule has 1 N–H and O–H groups in total. The van der Waals surface area contributed by atoms with E-state index in [9.17, 15) is 9.59 Å². The lowest BCUT2D eigenvalue weighted by molar-refractivity contribution is -0.151. The maximum Gasteiger partial charge on any atom is 0.248 e. The summed E-state index contributed by atoms with van der Waals surface area (Å²) < 4.78 is 0. The van der Waals surface area contributed by atoms with E-state index >= 15 is 0 Å². The van der Waals surface area contributed by atoms with Gasteiger partial charge >= 0.3 is 0 Å². The van der Waals surface area contributed by atoms with Crippen molar-refractivity contribution in [2.24, 2.45) is 5.92 Å². The van der Waals surface area contributed by atoms with Crippen LogP contribution < -0.4 is 5.32 Å². The first-order valence-electron chi connectivity index (χ1n) is 6.80. The molecule has 2 saturated carbocycles. The van der Waals surface area contributed by atoms with Gasteiger partial charge in [-0.1, -0.05) is 19.3 Å². The van der Waals surface area contributed by atoms with Gasteiger partial charge in [-0.2, -0.15) is 0 Å². The third kappa shape index (κ3) is 2.05. The summed E-state index contributed by atoms with van der Waals surface area (Å²) in [6, 6.07) is 0. The Kier molecular flexibility index (Phi) is 2.60. The number of hydrogen-bond donors (Lipinski definition) is 1. The van der Waals surface area contributed by atoms with Crippen LogP contribution in [0.4, 0.5) is 0 Å². The average Bonchev–Trinajstić information content (AvgIpc) is 3.11. The molecule has 0 unspecified atom stereocenters. The van der Waals surface area contributed by atoms with Crippen molar-refractivity contribution in [1.29, 1.82) is 0 Å². The van der Waals surface area contributed by atoms with E-state index in [-0.39, 0.29) is 18.4 Å². The molecule has 0 radical (unpaired) electrons. The third-order valence-corrected chi connectivity index (χ3v) is 4.29. The van der Waals surface area contributed by atoms with Gasteiger partial charge < -0.3 is 10.2 Å². The molecule has 1 spiro atoms. The fourth-order valence-electron chi connectivity index (χ4n) is 3.16. The fourth-order valence-corrected chi connectivity index (χ4v) is 3.16. The second-order valence-corrected chi connectivity index (χ2v) is 5.82. The van der Waals surface area contributed by atoms with Gasteiger partial charge in [0.25, 0.3) is 0 Å². The first kappa shape index (κ1) is 11.1. The molecule has 0 aromatic heterocycles. The molecule has 3 aliphatic rings. The molecule has 94 valence electrons. The summed E-state index contributed by atoms with van der Waals surface area (Å²) >= 11 is 0. The van der Waals surface area contributed by atoms with Crippen LogP contribution in [0, 0.1) is 5.92 Å². The summed E-state index contributed by atoms with van der Waals surface area (Å²) in [4.78, 5) is 26.1. The van der Waals surface area contributed by atoms with Crippen LogP contribution in [0.3, 0.4) is 0 Å². The molecule has 0 atom stereocenters. The van der Waals surface area contributed by atoms with Gasteiger partial charge in [-0.3, -0.25) is 9.59 Å². The zero-order valence-electron chi connectivity index (χ0n) is 10.2. The molecule has 0 aromatic carbocycles. The fraction of sp³-hybridized carbons (Fsp3) is 0.846. The van der Waals surface area contributed by atoms with Crippen molar-refractivity contribution in [2.75, 3.05) is 13.1 Å². The topological polar surface area (TPSA) is 49.4 Å². The molecule has 4 nitrogen and oxygen atoms in total. The zero-order chi connectivity index (χ0) is 11.9. The monoisotopic (exact) mass is 236 g/mol. The number of carbonyl (C=O) groups is 2. The highest BCUT2D eigenvalue weighted by Gasteiger charge is 2.47. The molecule has 1 saturated heterocycles. The first-order chi connectivity index (χ1) is 8.20. The third-order valence-electron chi connectivity index (χ3n) is 4.29. The van der Waals surface area contributed by atoms with Gasteiger partial charge in [0.1, 0.15) is 5.54 Å². The van der Waals surface area contributed by atoms with Gasteiger partial charge in [0.15, 0.2) is 0 Å². The molecular weight excluding hydrogens is 216 g/mol. The summed E-state index contributed by atoms with van der Waals surface area (Å²) in [5.41, 5.74) is -0.539. The van der Waals surface area contributed by atoms with Crippen molar-refractivity contribution in [3.8, 4) is 0 Å². The van der Waals surface area contributed by atoms with Crippen LogP contribution in [0.2, 0.25) is 0 Å². The SMILES string of the molecule is O=C1CN(CC2CC2)C(=O)C2(CCCCC2)N1. The van der Waals surface area contributed by atoms with Crippen molar-refractivity contribution in [3.05, 3.63) is 0 Å². The van der Waals surface area contributed by atoms with E-state index in [1.165, 1.54) is 19.3 Å². The largest absolute Gasteiger partial charge is 0.340 e. The number of carbonyl (C=O) groups excluding carboxylic acids is 2. The van der Waals surface area contributed by atoms with Gasteiger partial charge in [0.2, 0.25) is 11.8 Å². The summed E-state index contributed by atoms with van der Waals surface area (Å²) in [6.45, 7) is 1.07. The molecule has 4 heteroatoms. The number of piperazine rings is 1. The lowest BCUT2D eigenvalue weighted by Crippen LogP contribution is -2.67. The molecule has 2 amide bonds. The number of hydrogen-bond acceptors (Lipinski definition) is 2. The molecule has 0 bridgehead atoms. The predicted molar refractivity (Wildman–Crippen MR) is 63.3 cm³/mol. The Labute approximate surface area is 102 Å². The molecule has 1 aliphatic heterocycles. The second-order valence-electron chi connectivity index (χ2n) is 5.82. The smallest absolute Gasteiger partial charge is 0.248 e. The molecule has 3 rings (SSSR count). The quantitative estimate of drug-likeness (QED) is 0.779. The predicted octanol–water partition coefficient (Wildman–Crippen LogP) is 1.06. The van der Waals surface area contributed by atoms with Crippen molar-refractivity contribution >= 4 is 11.8 Å². The minimum absolute atomic E-state index is 0.0344. The van der Waals surface area contributed by atoms with Crippen LogP contribution in [0.5, 0.6) is 0 Å². The number of nitrogens with zero attached hydrogens (tertiary/aromatic N) is 1. The Hall–Kier alpha value is -1.06. The van der Waals surface area contributed by atoms with Gasteiger partial charge in [0, 0.05) is 6.54 Å². The van der Waals surface area contributed by atoms with E-state index in [1.54, 1.807) is 0 Å². The Morgan fingerprint density at radius 3 is 2.53 bits per heavy atom. The molecule has 17 heavy (non-hydrogen) atoms. The maximum atomic E-state index is 12.5. The minimum Gasteiger partial charge on any atom is -0.340 e. The highest BCUT2D eigenvalue weighted by Crippen LogP contribution is 2.35. The molecule has 0 aromatic rings. The molecule has 3 fully saturated rings.